The van der Waals surface area contributed by atoms with Gasteiger partial charge in [-0.15, -0.1) is 12.4 Å². The maximum Gasteiger partial charge on any atom is 0.389 e. The minimum Gasteiger partial charge on any atom is -0.544 e. The Morgan fingerprint density at radius 2 is 1.65 bits per heavy atom. The van der Waals surface area contributed by atoms with Crippen LogP contribution in [0.4, 0.5) is 13.2 Å². The molecule has 0 bridgehead atoms. The molecule has 0 unspecified atom stereocenters. The Labute approximate surface area is 125 Å². The van der Waals surface area contributed by atoms with Crippen LogP contribution in [0.3, 0.4) is 0 Å². The van der Waals surface area contributed by atoms with Crippen LogP contribution in [0.25, 0.3) is 0 Å². The maximum absolute atomic E-state index is 12.1. The molecule has 0 aliphatic carbocycles. The van der Waals surface area contributed by atoms with E-state index in [0.717, 1.165) is 5.75 Å². The molecule has 116 valence electrons. The highest BCUT2D eigenvalue weighted by Gasteiger charge is 2.27. The average molecular weight is 328 g/mol. The minimum absolute atomic E-state index is 0. The minimum atomic E-state index is -4.15. The van der Waals surface area contributed by atoms with Gasteiger partial charge < -0.3 is 10.2 Å². The van der Waals surface area contributed by atoms with E-state index in [9.17, 15) is 13.2 Å². The average Bonchev–Trinajstić information content (AvgIpc) is 2.23. The predicted molar refractivity (Wildman–Crippen MR) is 79.9 cm³/mol. The summed E-state index contributed by atoms with van der Waals surface area (Å²) in [5, 5.41) is 0. The third kappa shape index (κ3) is 7.77. The van der Waals surface area contributed by atoms with E-state index in [1.54, 1.807) is 24.3 Å². The van der Waals surface area contributed by atoms with E-state index in [2.05, 4.69) is 19.6 Å². The fourth-order valence-corrected chi connectivity index (χ4v) is 2.47. The fourth-order valence-electron chi connectivity index (χ4n) is 1.62. The highest BCUT2D eigenvalue weighted by atomic mass is 35.5. The lowest BCUT2D eigenvalue weighted by atomic mass is 10.0. The van der Waals surface area contributed by atoms with Gasteiger partial charge in [-0.25, -0.2) is 0 Å². The molecule has 0 heterocycles. The van der Waals surface area contributed by atoms with Crippen LogP contribution in [-0.2, 0) is 0 Å². The van der Waals surface area contributed by atoms with Gasteiger partial charge in [0.1, 0.15) is 5.75 Å². The topological polar surface area (TPSA) is 35.2 Å². The number of rotatable bonds is 5. The Kier molecular flexibility index (Phi) is 7.07. The Bertz CT molecular complexity index is 404. The number of hydrogen-bond acceptors (Lipinski definition) is 2. The number of benzene rings is 1. The molecule has 0 spiro atoms. The van der Waals surface area contributed by atoms with Gasteiger partial charge in [-0.2, -0.15) is 13.2 Å². The van der Waals surface area contributed by atoms with Crippen molar-refractivity contribution in [3.05, 3.63) is 29.8 Å². The molecule has 0 saturated carbocycles. The van der Waals surface area contributed by atoms with Crippen LogP contribution < -0.4 is 10.2 Å². The number of nitrogens with two attached hydrogens (primary N) is 1. The molecule has 0 aromatic heterocycles. The molecule has 2 N–H and O–H groups in total. The molecule has 1 aromatic rings. The van der Waals surface area contributed by atoms with Gasteiger partial charge in [-0.05, 0) is 43.8 Å². The summed E-state index contributed by atoms with van der Waals surface area (Å²) in [4.78, 5) is 0. The predicted octanol–water partition coefficient (Wildman–Crippen LogP) is 4.66. The summed E-state index contributed by atoms with van der Waals surface area (Å²) in [7, 11) is -1.66. The van der Waals surface area contributed by atoms with Crippen molar-refractivity contribution >= 4 is 20.7 Å². The van der Waals surface area contributed by atoms with Crippen LogP contribution in [-0.4, -0.2) is 14.5 Å². The first-order chi connectivity index (χ1) is 8.57. The molecule has 1 atom stereocenters. The summed E-state index contributed by atoms with van der Waals surface area (Å²) in [5.74, 6) is 0.742. The molecular formula is C13H21ClF3NOSi. The van der Waals surface area contributed by atoms with Gasteiger partial charge in [0, 0.05) is 12.5 Å². The zero-order valence-electron chi connectivity index (χ0n) is 11.8. The van der Waals surface area contributed by atoms with Gasteiger partial charge >= 0.3 is 6.18 Å². The first-order valence-electron chi connectivity index (χ1n) is 6.18. The molecule has 0 radical (unpaired) electrons. The van der Waals surface area contributed by atoms with Crippen molar-refractivity contribution in [2.75, 3.05) is 0 Å². The molecular weight excluding hydrogens is 307 g/mol. The smallest absolute Gasteiger partial charge is 0.389 e. The fraction of sp³-hybridized carbons (Fsp3) is 0.538. The normalized spacial score (nSPS) is 13.6. The molecule has 0 aliphatic heterocycles. The van der Waals surface area contributed by atoms with Crippen LogP contribution >= 0.6 is 12.4 Å². The van der Waals surface area contributed by atoms with E-state index < -0.39 is 27.0 Å². The molecule has 0 fully saturated rings. The van der Waals surface area contributed by atoms with E-state index >= 15 is 0 Å². The van der Waals surface area contributed by atoms with Crippen molar-refractivity contribution in [1.29, 1.82) is 0 Å². The highest BCUT2D eigenvalue weighted by molar-refractivity contribution is 6.70. The summed E-state index contributed by atoms with van der Waals surface area (Å²) in [6.07, 6.45) is -5.11. The summed E-state index contributed by atoms with van der Waals surface area (Å²) in [6.45, 7) is 6.20. The van der Waals surface area contributed by atoms with E-state index in [1.807, 2.05) is 0 Å². The van der Waals surface area contributed by atoms with Crippen LogP contribution in [0, 0.1) is 0 Å². The van der Waals surface area contributed by atoms with Crippen LogP contribution in [0.5, 0.6) is 5.75 Å². The second kappa shape index (κ2) is 7.33. The van der Waals surface area contributed by atoms with E-state index in [1.165, 1.54) is 0 Å². The van der Waals surface area contributed by atoms with E-state index in [4.69, 9.17) is 10.2 Å². The first-order valence-corrected chi connectivity index (χ1v) is 9.59. The van der Waals surface area contributed by atoms with Crippen LogP contribution in [0.2, 0.25) is 19.6 Å². The summed E-state index contributed by atoms with van der Waals surface area (Å²) in [5.41, 5.74) is 6.45. The highest BCUT2D eigenvalue weighted by Crippen LogP contribution is 2.27. The number of hydrogen-bond donors (Lipinski definition) is 1. The third-order valence-corrected chi connectivity index (χ3v) is 3.32. The Hall–Kier alpha value is -0.723. The first kappa shape index (κ1) is 19.3. The van der Waals surface area contributed by atoms with Crippen molar-refractivity contribution in [1.82, 2.24) is 0 Å². The van der Waals surface area contributed by atoms with Crippen LogP contribution in [0.1, 0.15) is 24.4 Å². The van der Waals surface area contributed by atoms with Crippen molar-refractivity contribution in [2.45, 2.75) is 44.7 Å². The number of alkyl halides is 3. The largest absolute Gasteiger partial charge is 0.544 e. The lowest BCUT2D eigenvalue weighted by Gasteiger charge is -2.20. The standard InChI is InChI=1S/C13H20F3NOSi.ClH/c1-19(2,3)18-11-6-4-10(5-7-11)12(17)8-9-13(14,15)16;/h4-7,12H,8-9,17H2,1-3H3;1H/t12-;/m1./s1. The Morgan fingerprint density at radius 1 is 1.15 bits per heavy atom. The molecule has 0 amide bonds. The molecule has 20 heavy (non-hydrogen) atoms. The molecule has 1 rings (SSSR count). The van der Waals surface area contributed by atoms with Gasteiger partial charge in [0.15, 0.2) is 0 Å². The summed E-state index contributed by atoms with van der Waals surface area (Å²) < 4.78 is 42.1. The molecule has 7 heteroatoms. The van der Waals surface area contributed by atoms with E-state index in [-0.39, 0.29) is 18.8 Å². The van der Waals surface area contributed by atoms with E-state index in [0.29, 0.717) is 5.56 Å². The Morgan fingerprint density at radius 3 is 2.05 bits per heavy atom. The monoisotopic (exact) mass is 327 g/mol. The van der Waals surface area contributed by atoms with Crippen molar-refractivity contribution in [3.63, 3.8) is 0 Å². The zero-order chi connectivity index (χ0) is 14.7. The lowest BCUT2D eigenvalue weighted by Crippen LogP contribution is -2.29. The summed E-state index contributed by atoms with van der Waals surface area (Å²) >= 11 is 0. The number of halogens is 4. The van der Waals surface area contributed by atoms with Gasteiger partial charge in [0.2, 0.25) is 8.32 Å². The van der Waals surface area contributed by atoms with Crippen molar-refractivity contribution < 1.29 is 17.6 Å². The molecule has 0 saturated heterocycles. The second-order valence-corrected chi connectivity index (χ2v) is 9.97. The van der Waals surface area contributed by atoms with Crippen LogP contribution in [0.15, 0.2) is 24.3 Å². The molecule has 0 aliphatic rings. The summed E-state index contributed by atoms with van der Waals surface area (Å²) in [6, 6.07) is 6.40. The van der Waals surface area contributed by atoms with Gasteiger partial charge in [-0.1, -0.05) is 12.1 Å². The van der Waals surface area contributed by atoms with Crippen molar-refractivity contribution in [2.24, 2.45) is 5.73 Å². The van der Waals surface area contributed by atoms with Gasteiger partial charge in [0.05, 0.1) is 0 Å². The lowest BCUT2D eigenvalue weighted by molar-refractivity contribution is -0.136. The van der Waals surface area contributed by atoms with Crippen molar-refractivity contribution in [3.8, 4) is 5.75 Å². The SMILES string of the molecule is C[Si](C)(C)Oc1ccc([C@H](N)CCC(F)(F)F)cc1.Cl. The van der Waals surface area contributed by atoms with Gasteiger partial charge in [-0.3, -0.25) is 0 Å². The third-order valence-electron chi connectivity index (χ3n) is 2.47. The molecule has 2 nitrogen and oxygen atoms in total. The quantitative estimate of drug-likeness (QED) is 0.798. The second-order valence-electron chi connectivity index (χ2n) is 5.54. The van der Waals surface area contributed by atoms with Gasteiger partial charge in [0.25, 0.3) is 0 Å². The zero-order valence-corrected chi connectivity index (χ0v) is 13.6. The Balaban J connectivity index is 0.00000361. The molecule has 1 aromatic carbocycles. The maximum atomic E-state index is 12.1.